The molecule has 0 aliphatic carbocycles. The van der Waals surface area contributed by atoms with E-state index in [9.17, 15) is 19.2 Å². The Morgan fingerprint density at radius 2 is 1.67 bits per heavy atom. The second-order valence-corrected chi connectivity index (χ2v) is 10.1. The third-order valence-electron chi connectivity index (χ3n) is 8.36. The molecule has 0 aromatic heterocycles. The van der Waals surface area contributed by atoms with Gasteiger partial charge in [0.2, 0.25) is 5.85 Å². The van der Waals surface area contributed by atoms with Crippen LogP contribution in [0.3, 0.4) is 0 Å². The SMILES string of the molecule is COC(=O)C1=C(C)N(Cc2ccccc2)[C@@]23O[C@@](C(=O)OC)(C(=O)N2[C@H]1c1ccccc1)[C@@H]1CCOC(=O)[C@@H]13. The van der Waals surface area contributed by atoms with Crippen LogP contribution in [0.25, 0.3) is 0 Å². The van der Waals surface area contributed by atoms with Crippen molar-refractivity contribution >= 4 is 23.8 Å². The summed E-state index contributed by atoms with van der Waals surface area (Å²) in [6.45, 7) is 1.96. The van der Waals surface area contributed by atoms with E-state index in [0.717, 1.165) is 5.56 Å². The number of piperidine rings is 1. The topological polar surface area (TPSA) is 112 Å². The summed E-state index contributed by atoms with van der Waals surface area (Å²) < 4.78 is 22.5. The normalized spacial score (nSPS) is 31.0. The minimum Gasteiger partial charge on any atom is -0.466 e. The van der Waals surface area contributed by atoms with Gasteiger partial charge in [0.1, 0.15) is 5.92 Å². The Hall–Kier alpha value is -4.18. The number of methoxy groups -OCH3 is 2. The van der Waals surface area contributed by atoms with E-state index >= 15 is 0 Å². The van der Waals surface area contributed by atoms with Crippen LogP contribution >= 0.6 is 0 Å². The number of amides is 1. The Labute approximate surface area is 225 Å². The summed E-state index contributed by atoms with van der Waals surface area (Å²) in [5, 5.41) is 0. The van der Waals surface area contributed by atoms with Crippen LogP contribution in [0.1, 0.15) is 30.5 Å². The van der Waals surface area contributed by atoms with E-state index in [4.69, 9.17) is 18.9 Å². The van der Waals surface area contributed by atoms with Crippen LogP contribution in [-0.2, 0) is 44.7 Å². The average Bonchev–Trinajstić information content (AvgIpc) is 3.42. The summed E-state index contributed by atoms with van der Waals surface area (Å²) in [4.78, 5) is 58.1. The lowest BCUT2D eigenvalue weighted by atomic mass is 9.69. The molecular formula is C29H28N2O8. The molecule has 0 N–H and O–H groups in total. The number of esters is 3. The van der Waals surface area contributed by atoms with Gasteiger partial charge in [0.05, 0.1) is 32.4 Å². The fourth-order valence-electron chi connectivity index (χ4n) is 6.78. The van der Waals surface area contributed by atoms with Crippen molar-refractivity contribution in [2.45, 2.75) is 37.4 Å². The molecule has 3 fully saturated rings. The molecule has 6 rings (SSSR count). The molecule has 1 spiro atoms. The van der Waals surface area contributed by atoms with Gasteiger partial charge < -0.3 is 23.8 Å². The number of carbonyl (C=O) groups is 4. The highest BCUT2D eigenvalue weighted by molar-refractivity contribution is 6.11. The number of hydrogen-bond acceptors (Lipinski definition) is 9. The molecule has 10 heteroatoms. The smallest absolute Gasteiger partial charge is 0.348 e. The molecule has 0 unspecified atom stereocenters. The van der Waals surface area contributed by atoms with E-state index in [-0.39, 0.29) is 25.1 Å². The number of fused-ring (bicyclic) bond motifs is 3. The van der Waals surface area contributed by atoms with Crippen LogP contribution in [0.4, 0.5) is 0 Å². The monoisotopic (exact) mass is 532 g/mol. The van der Waals surface area contributed by atoms with Gasteiger partial charge in [0, 0.05) is 18.2 Å². The molecule has 4 heterocycles. The van der Waals surface area contributed by atoms with E-state index in [1.54, 1.807) is 36.1 Å². The summed E-state index contributed by atoms with van der Waals surface area (Å²) in [5.74, 6) is -6.36. The molecule has 0 radical (unpaired) electrons. The van der Waals surface area contributed by atoms with E-state index in [1.807, 2.05) is 36.4 Å². The zero-order valence-electron chi connectivity index (χ0n) is 21.8. The largest absolute Gasteiger partial charge is 0.466 e. The zero-order valence-corrected chi connectivity index (χ0v) is 21.8. The second-order valence-electron chi connectivity index (χ2n) is 10.1. The molecular weight excluding hydrogens is 504 g/mol. The van der Waals surface area contributed by atoms with E-state index in [1.165, 1.54) is 19.1 Å². The minimum absolute atomic E-state index is 0.0501. The summed E-state index contributed by atoms with van der Waals surface area (Å²) in [6, 6.07) is 17.4. The molecule has 1 amide bonds. The van der Waals surface area contributed by atoms with Crippen molar-refractivity contribution in [1.29, 1.82) is 0 Å². The van der Waals surface area contributed by atoms with Gasteiger partial charge in [-0.3, -0.25) is 14.5 Å². The van der Waals surface area contributed by atoms with Crippen molar-refractivity contribution in [3.05, 3.63) is 83.1 Å². The Balaban J connectivity index is 1.68. The molecule has 3 saturated heterocycles. The van der Waals surface area contributed by atoms with Gasteiger partial charge in [0.15, 0.2) is 0 Å². The summed E-state index contributed by atoms with van der Waals surface area (Å²) in [6.07, 6.45) is 0.245. The van der Waals surface area contributed by atoms with Crippen molar-refractivity contribution in [2.24, 2.45) is 11.8 Å². The molecule has 2 aromatic rings. The number of nitrogens with zero attached hydrogens (tertiary/aromatic N) is 2. The van der Waals surface area contributed by atoms with Gasteiger partial charge in [-0.25, -0.2) is 9.59 Å². The Morgan fingerprint density at radius 1 is 1.00 bits per heavy atom. The maximum atomic E-state index is 14.6. The number of rotatable bonds is 5. The van der Waals surface area contributed by atoms with Gasteiger partial charge in [-0.2, -0.15) is 0 Å². The average molecular weight is 533 g/mol. The van der Waals surface area contributed by atoms with Gasteiger partial charge in [0.25, 0.3) is 11.5 Å². The van der Waals surface area contributed by atoms with E-state index in [2.05, 4.69) is 0 Å². The Morgan fingerprint density at radius 3 is 2.31 bits per heavy atom. The molecule has 2 aromatic carbocycles. The number of ether oxygens (including phenoxy) is 4. The lowest BCUT2D eigenvalue weighted by Gasteiger charge is -2.56. The number of carbonyl (C=O) groups excluding carboxylic acids is 4. The highest BCUT2D eigenvalue weighted by atomic mass is 16.6. The standard InChI is InChI=1S/C29H28N2O8/c1-17-21(24(32)36-2)23(19-12-8-5-9-13-19)31-26(34)28(27(35)37-3)20-14-15-38-25(33)22(20)29(31,39-28)30(17)16-18-10-6-4-7-11-18/h4-13,20,22-23H,14-16H2,1-3H3/t20-,22-,23+,28-,29-/m1/s1. The lowest BCUT2D eigenvalue weighted by molar-refractivity contribution is -0.234. The molecule has 10 nitrogen and oxygen atoms in total. The third kappa shape index (κ3) is 3.18. The van der Waals surface area contributed by atoms with Crippen LogP contribution in [0.5, 0.6) is 0 Å². The Kier molecular flexibility index (Phi) is 5.76. The highest BCUT2D eigenvalue weighted by Crippen LogP contribution is 2.65. The molecule has 202 valence electrons. The predicted octanol–water partition coefficient (Wildman–Crippen LogP) is 2.31. The predicted molar refractivity (Wildman–Crippen MR) is 134 cm³/mol. The van der Waals surface area contributed by atoms with Crippen molar-refractivity contribution in [1.82, 2.24) is 9.80 Å². The first-order valence-corrected chi connectivity index (χ1v) is 12.8. The molecule has 0 saturated carbocycles. The number of benzene rings is 2. The van der Waals surface area contributed by atoms with Crippen LogP contribution in [0.15, 0.2) is 71.9 Å². The fraction of sp³-hybridized carbons (Fsp3) is 0.379. The van der Waals surface area contributed by atoms with Crippen molar-refractivity contribution in [3.63, 3.8) is 0 Å². The first kappa shape index (κ1) is 25.1. The maximum Gasteiger partial charge on any atom is 0.348 e. The molecule has 4 aliphatic rings. The Bertz CT molecular complexity index is 1390. The molecule has 39 heavy (non-hydrogen) atoms. The number of cyclic esters (lactones) is 1. The van der Waals surface area contributed by atoms with Crippen molar-refractivity contribution in [2.75, 3.05) is 20.8 Å². The number of allylic oxidation sites excluding steroid dienone is 1. The second kappa shape index (κ2) is 8.94. The van der Waals surface area contributed by atoms with Crippen LogP contribution in [0, 0.1) is 11.8 Å². The minimum atomic E-state index is -2.08. The van der Waals surface area contributed by atoms with Gasteiger partial charge >= 0.3 is 17.9 Å². The summed E-state index contributed by atoms with van der Waals surface area (Å²) in [5.41, 5.74) is 0.0277. The van der Waals surface area contributed by atoms with Gasteiger partial charge in [-0.15, -0.1) is 0 Å². The fourth-order valence-corrected chi connectivity index (χ4v) is 6.78. The van der Waals surface area contributed by atoms with Crippen LogP contribution in [-0.4, -0.2) is 65.9 Å². The van der Waals surface area contributed by atoms with E-state index < -0.39 is 53.1 Å². The van der Waals surface area contributed by atoms with Crippen molar-refractivity contribution in [3.8, 4) is 0 Å². The van der Waals surface area contributed by atoms with Crippen LogP contribution < -0.4 is 0 Å². The third-order valence-corrected chi connectivity index (χ3v) is 8.36. The first-order chi connectivity index (χ1) is 18.8. The van der Waals surface area contributed by atoms with Gasteiger partial charge in [-0.05, 0) is 24.5 Å². The zero-order chi connectivity index (χ0) is 27.5. The summed E-state index contributed by atoms with van der Waals surface area (Å²) in [7, 11) is 2.46. The number of hydrogen-bond donors (Lipinski definition) is 0. The highest BCUT2D eigenvalue weighted by Gasteiger charge is 2.85. The van der Waals surface area contributed by atoms with Gasteiger partial charge in [-0.1, -0.05) is 60.7 Å². The van der Waals surface area contributed by atoms with Crippen molar-refractivity contribution < 1.29 is 38.1 Å². The first-order valence-electron chi connectivity index (χ1n) is 12.8. The molecule has 5 atom stereocenters. The molecule has 4 aliphatic heterocycles. The maximum absolute atomic E-state index is 14.6. The van der Waals surface area contributed by atoms with E-state index in [0.29, 0.717) is 11.3 Å². The summed E-state index contributed by atoms with van der Waals surface area (Å²) >= 11 is 0. The molecule has 2 bridgehead atoms. The quantitative estimate of drug-likeness (QED) is 0.325. The lowest BCUT2D eigenvalue weighted by Crippen LogP contribution is -2.71. The van der Waals surface area contributed by atoms with Crippen LogP contribution in [0.2, 0.25) is 0 Å².